The first kappa shape index (κ1) is 11.4. The van der Waals surface area contributed by atoms with Gasteiger partial charge in [-0.2, -0.15) is 0 Å². The SMILES string of the molecule is CC(=O)O[C@H](C)c1ncc(-c2ccccc2)o1. The molecule has 1 aromatic carbocycles. The van der Waals surface area contributed by atoms with Gasteiger partial charge in [-0.1, -0.05) is 30.3 Å². The van der Waals surface area contributed by atoms with Crippen LogP contribution in [-0.2, 0) is 9.53 Å². The van der Waals surface area contributed by atoms with E-state index in [4.69, 9.17) is 9.15 Å². The van der Waals surface area contributed by atoms with E-state index >= 15 is 0 Å². The molecule has 0 aliphatic rings. The van der Waals surface area contributed by atoms with Crippen LogP contribution >= 0.6 is 0 Å². The lowest BCUT2D eigenvalue weighted by molar-refractivity contribution is -0.146. The van der Waals surface area contributed by atoms with E-state index in [1.807, 2.05) is 30.3 Å². The number of oxazole rings is 1. The normalized spacial score (nSPS) is 12.1. The summed E-state index contributed by atoms with van der Waals surface area (Å²) in [5.41, 5.74) is 0.946. The fourth-order valence-electron chi connectivity index (χ4n) is 1.51. The molecule has 0 aliphatic carbocycles. The fourth-order valence-corrected chi connectivity index (χ4v) is 1.51. The van der Waals surface area contributed by atoms with Crippen molar-refractivity contribution in [2.45, 2.75) is 20.0 Å². The molecule has 0 N–H and O–H groups in total. The molecule has 4 heteroatoms. The molecule has 0 spiro atoms. The minimum atomic E-state index is -0.468. The van der Waals surface area contributed by atoms with Gasteiger partial charge >= 0.3 is 5.97 Å². The van der Waals surface area contributed by atoms with Crippen LogP contribution in [0.15, 0.2) is 40.9 Å². The van der Waals surface area contributed by atoms with Gasteiger partial charge in [0.1, 0.15) is 0 Å². The molecule has 0 saturated heterocycles. The van der Waals surface area contributed by atoms with Crippen LogP contribution in [-0.4, -0.2) is 11.0 Å². The molecule has 1 atom stereocenters. The van der Waals surface area contributed by atoms with Crippen molar-refractivity contribution in [1.29, 1.82) is 0 Å². The zero-order valence-electron chi connectivity index (χ0n) is 9.71. The monoisotopic (exact) mass is 231 g/mol. The average Bonchev–Trinajstić information content (AvgIpc) is 2.78. The molecule has 2 rings (SSSR count). The van der Waals surface area contributed by atoms with Crippen molar-refractivity contribution in [3.63, 3.8) is 0 Å². The number of nitrogens with zero attached hydrogens (tertiary/aromatic N) is 1. The summed E-state index contributed by atoms with van der Waals surface area (Å²) in [6, 6.07) is 9.64. The second-order valence-corrected chi connectivity index (χ2v) is 3.68. The standard InChI is InChI=1S/C13H13NO3/c1-9(16-10(2)15)13-14-8-12(17-13)11-6-4-3-5-7-11/h3-9H,1-2H3/t9-/m1/s1. The molecule has 4 nitrogen and oxygen atoms in total. The topological polar surface area (TPSA) is 52.3 Å². The summed E-state index contributed by atoms with van der Waals surface area (Å²) in [5, 5.41) is 0. The summed E-state index contributed by atoms with van der Waals surface area (Å²) in [6.45, 7) is 3.08. The van der Waals surface area contributed by atoms with Gasteiger partial charge in [-0.3, -0.25) is 4.79 Å². The lowest BCUT2D eigenvalue weighted by atomic mass is 10.2. The maximum Gasteiger partial charge on any atom is 0.303 e. The Morgan fingerprint density at radius 2 is 2.06 bits per heavy atom. The van der Waals surface area contributed by atoms with Crippen LogP contribution < -0.4 is 0 Å². The van der Waals surface area contributed by atoms with Crippen molar-refractivity contribution in [1.82, 2.24) is 4.98 Å². The molecule has 1 aromatic heterocycles. The number of benzene rings is 1. The molecule has 2 aromatic rings. The first-order valence-corrected chi connectivity index (χ1v) is 5.35. The number of carbonyl (C=O) groups excluding carboxylic acids is 1. The minimum absolute atomic E-state index is 0.350. The summed E-state index contributed by atoms with van der Waals surface area (Å²) >= 11 is 0. The molecule has 88 valence electrons. The predicted molar refractivity (Wildman–Crippen MR) is 62.1 cm³/mol. The van der Waals surface area contributed by atoms with E-state index < -0.39 is 6.10 Å². The Kier molecular flexibility index (Phi) is 3.23. The zero-order chi connectivity index (χ0) is 12.3. The second kappa shape index (κ2) is 4.82. The van der Waals surface area contributed by atoms with Gasteiger partial charge in [0.2, 0.25) is 5.89 Å². The van der Waals surface area contributed by atoms with E-state index in [2.05, 4.69) is 4.98 Å². The Morgan fingerprint density at radius 1 is 1.35 bits per heavy atom. The number of esters is 1. The average molecular weight is 231 g/mol. The third-order valence-corrected chi connectivity index (χ3v) is 2.27. The molecule has 0 radical (unpaired) electrons. The van der Waals surface area contributed by atoms with E-state index in [0.717, 1.165) is 5.56 Å². The molecule has 0 fully saturated rings. The third kappa shape index (κ3) is 2.72. The summed E-state index contributed by atoms with van der Waals surface area (Å²) in [6.07, 6.45) is 1.16. The van der Waals surface area contributed by atoms with Gasteiger partial charge in [0.05, 0.1) is 6.20 Å². The lowest BCUT2D eigenvalue weighted by Gasteiger charge is -2.06. The van der Waals surface area contributed by atoms with Crippen molar-refractivity contribution in [3.8, 4) is 11.3 Å². The summed E-state index contributed by atoms with van der Waals surface area (Å²) in [4.78, 5) is 14.9. The molecule has 0 unspecified atom stereocenters. The van der Waals surface area contributed by atoms with Crippen molar-refractivity contribution in [2.75, 3.05) is 0 Å². The van der Waals surface area contributed by atoms with Crippen LogP contribution in [0.3, 0.4) is 0 Å². The Hall–Kier alpha value is -2.10. The highest BCUT2D eigenvalue weighted by Gasteiger charge is 2.15. The predicted octanol–water partition coefficient (Wildman–Crippen LogP) is 2.97. The van der Waals surface area contributed by atoms with Gasteiger partial charge in [0.25, 0.3) is 0 Å². The number of hydrogen-bond acceptors (Lipinski definition) is 4. The Labute approximate surface area is 99.2 Å². The van der Waals surface area contributed by atoms with E-state index in [1.165, 1.54) is 6.92 Å². The Balaban J connectivity index is 2.19. The maximum absolute atomic E-state index is 10.8. The van der Waals surface area contributed by atoms with Crippen molar-refractivity contribution in [3.05, 3.63) is 42.4 Å². The maximum atomic E-state index is 10.8. The molecule has 0 bridgehead atoms. The molecular weight excluding hydrogens is 218 g/mol. The van der Waals surface area contributed by atoms with Gasteiger partial charge in [-0.15, -0.1) is 0 Å². The van der Waals surface area contributed by atoms with Crippen molar-refractivity contribution < 1.29 is 13.9 Å². The first-order valence-electron chi connectivity index (χ1n) is 5.35. The van der Waals surface area contributed by atoms with Crippen molar-refractivity contribution in [2.24, 2.45) is 0 Å². The van der Waals surface area contributed by atoms with Gasteiger partial charge in [0, 0.05) is 12.5 Å². The zero-order valence-corrected chi connectivity index (χ0v) is 9.71. The number of aromatic nitrogens is 1. The summed E-state index contributed by atoms with van der Waals surface area (Å²) in [5.74, 6) is 0.718. The minimum Gasteiger partial charge on any atom is -0.453 e. The number of hydrogen-bond donors (Lipinski definition) is 0. The van der Waals surface area contributed by atoms with Crippen LogP contribution in [0.5, 0.6) is 0 Å². The van der Waals surface area contributed by atoms with Gasteiger partial charge in [-0.05, 0) is 6.92 Å². The van der Waals surface area contributed by atoms with E-state index in [0.29, 0.717) is 11.7 Å². The van der Waals surface area contributed by atoms with Crippen LogP contribution in [0.2, 0.25) is 0 Å². The third-order valence-electron chi connectivity index (χ3n) is 2.27. The molecule has 0 aliphatic heterocycles. The Morgan fingerprint density at radius 3 is 2.71 bits per heavy atom. The smallest absolute Gasteiger partial charge is 0.303 e. The summed E-state index contributed by atoms with van der Waals surface area (Å²) in [7, 11) is 0. The van der Waals surface area contributed by atoms with Gasteiger partial charge < -0.3 is 9.15 Å². The first-order chi connectivity index (χ1) is 8.16. The number of ether oxygens (including phenoxy) is 1. The summed E-state index contributed by atoms with van der Waals surface area (Å²) < 4.78 is 10.5. The van der Waals surface area contributed by atoms with E-state index in [9.17, 15) is 4.79 Å². The van der Waals surface area contributed by atoms with Crippen molar-refractivity contribution >= 4 is 5.97 Å². The highest BCUT2D eigenvalue weighted by molar-refractivity contribution is 5.66. The van der Waals surface area contributed by atoms with E-state index in [1.54, 1.807) is 13.1 Å². The second-order valence-electron chi connectivity index (χ2n) is 3.68. The highest BCUT2D eigenvalue weighted by Crippen LogP contribution is 2.24. The Bertz CT molecular complexity index is 504. The van der Waals surface area contributed by atoms with E-state index in [-0.39, 0.29) is 5.97 Å². The molecule has 1 heterocycles. The van der Waals surface area contributed by atoms with Crippen LogP contribution in [0.4, 0.5) is 0 Å². The van der Waals surface area contributed by atoms with Crippen LogP contribution in [0.1, 0.15) is 25.8 Å². The van der Waals surface area contributed by atoms with Gasteiger partial charge in [-0.25, -0.2) is 4.98 Å². The van der Waals surface area contributed by atoms with Crippen LogP contribution in [0.25, 0.3) is 11.3 Å². The van der Waals surface area contributed by atoms with Gasteiger partial charge in [0.15, 0.2) is 11.9 Å². The highest BCUT2D eigenvalue weighted by atomic mass is 16.6. The lowest BCUT2D eigenvalue weighted by Crippen LogP contribution is -2.04. The number of carbonyl (C=O) groups is 1. The fraction of sp³-hybridized carbons (Fsp3) is 0.231. The molecular formula is C13H13NO3. The molecule has 0 saturated carbocycles. The molecule has 17 heavy (non-hydrogen) atoms. The molecule has 0 amide bonds. The quantitative estimate of drug-likeness (QED) is 0.762. The number of rotatable bonds is 3. The van der Waals surface area contributed by atoms with Crippen LogP contribution in [0, 0.1) is 0 Å². The largest absolute Gasteiger partial charge is 0.453 e.